The summed E-state index contributed by atoms with van der Waals surface area (Å²) in [4.78, 5) is 10.6. The lowest BCUT2D eigenvalue weighted by Crippen LogP contribution is -2.06. The highest BCUT2D eigenvalue weighted by atomic mass is 79.9. The van der Waals surface area contributed by atoms with Crippen LogP contribution in [-0.4, -0.2) is 15.6 Å². The first-order chi connectivity index (χ1) is 8.65. The van der Waals surface area contributed by atoms with Crippen LogP contribution in [0.1, 0.15) is 17.5 Å². The van der Waals surface area contributed by atoms with Gasteiger partial charge in [0.05, 0.1) is 5.52 Å². The number of aromatic nitrogens is 1. The van der Waals surface area contributed by atoms with Gasteiger partial charge in [-0.2, -0.15) is 0 Å². The molecule has 2 heterocycles. The second-order valence-corrected chi connectivity index (χ2v) is 5.38. The van der Waals surface area contributed by atoms with E-state index in [1.165, 1.54) is 17.2 Å². The van der Waals surface area contributed by atoms with Crippen molar-refractivity contribution >= 4 is 38.9 Å². The van der Waals surface area contributed by atoms with Gasteiger partial charge in [0.25, 0.3) is 0 Å². The summed E-state index contributed by atoms with van der Waals surface area (Å²) >= 11 is 3.57. The van der Waals surface area contributed by atoms with Crippen molar-refractivity contribution in [1.29, 1.82) is 0 Å². The summed E-state index contributed by atoms with van der Waals surface area (Å²) < 4.78 is 3.34. The number of carboxylic acids is 1. The van der Waals surface area contributed by atoms with Crippen LogP contribution in [0.3, 0.4) is 0 Å². The summed E-state index contributed by atoms with van der Waals surface area (Å²) in [6, 6.07) is 4.12. The van der Waals surface area contributed by atoms with E-state index in [2.05, 4.69) is 32.8 Å². The molecule has 18 heavy (non-hydrogen) atoms. The van der Waals surface area contributed by atoms with Gasteiger partial charge >= 0.3 is 5.97 Å². The van der Waals surface area contributed by atoms with Gasteiger partial charge in [-0.15, -0.1) is 0 Å². The van der Waals surface area contributed by atoms with Crippen molar-refractivity contribution in [1.82, 2.24) is 4.57 Å². The molecule has 1 N–H and O–H groups in total. The Morgan fingerprint density at radius 2 is 2.28 bits per heavy atom. The molecule has 1 aromatic heterocycles. The van der Waals surface area contributed by atoms with Crippen LogP contribution in [0.5, 0.6) is 0 Å². The summed E-state index contributed by atoms with van der Waals surface area (Å²) in [5, 5.41) is 9.85. The van der Waals surface area contributed by atoms with Gasteiger partial charge in [0.15, 0.2) is 0 Å². The van der Waals surface area contributed by atoms with Gasteiger partial charge in [-0.3, -0.25) is 0 Å². The van der Waals surface area contributed by atoms with Crippen molar-refractivity contribution in [2.24, 2.45) is 0 Å². The van der Waals surface area contributed by atoms with Crippen LogP contribution in [0.4, 0.5) is 0 Å². The number of hydrogen-bond donors (Lipinski definition) is 1. The second-order valence-electron chi connectivity index (χ2n) is 4.52. The molecule has 0 unspecified atom stereocenters. The molecule has 3 rings (SSSR count). The first-order valence-corrected chi connectivity index (χ1v) is 6.67. The van der Waals surface area contributed by atoms with Gasteiger partial charge in [0.1, 0.15) is 0 Å². The lowest BCUT2D eigenvalue weighted by molar-refractivity contribution is -0.131. The molecule has 0 atom stereocenters. The fourth-order valence-electron chi connectivity index (χ4n) is 2.58. The van der Waals surface area contributed by atoms with Gasteiger partial charge in [-0.25, -0.2) is 4.79 Å². The zero-order valence-corrected chi connectivity index (χ0v) is 11.3. The summed E-state index contributed by atoms with van der Waals surface area (Å²) in [6.45, 7) is 1.05. The number of halogens is 1. The Kier molecular flexibility index (Phi) is 2.74. The fraction of sp³-hybridized carbons (Fsp3) is 0.214. The molecule has 0 saturated heterocycles. The zero-order chi connectivity index (χ0) is 12.7. The number of aliphatic carboxylic acids is 1. The SMILES string of the molecule is O=C(O)/C=C/c1cc2c3c(c1)c(Br)cn3CCC2. The summed E-state index contributed by atoms with van der Waals surface area (Å²) in [6.07, 6.45) is 7.13. The second kappa shape index (κ2) is 4.28. The average Bonchev–Trinajstić information content (AvgIpc) is 2.66. The summed E-state index contributed by atoms with van der Waals surface area (Å²) in [5.74, 6) is -0.916. The lowest BCUT2D eigenvalue weighted by atomic mass is 10.00. The smallest absolute Gasteiger partial charge is 0.328 e. The van der Waals surface area contributed by atoms with Crippen molar-refractivity contribution < 1.29 is 9.90 Å². The van der Waals surface area contributed by atoms with E-state index in [1.807, 2.05) is 6.07 Å². The largest absolute Gasteiger partial charge is 0.478 e. The Labute approximate surface area is 113 Å². The number of carboxylic acid groups (broad SMARTS) is 1. The molecule has 92 valence electrons. The Morgan fingerprint density at radius 1 is 1.44 bits per heavy atom. The third-order valence-electron chi connectivity index (χ3n) is 3.29. The minimum atomic E-state index is -0.916. The summed E-state index contributed by atoms with van der Waals surface area (Å²) in [5.41, 5.74) is 3.52. The third kappa shape index (κ3) is 1.86. The van der Waals surface area contributed by atoms with Gasteiger partial charge in [0.2, 0.25) is 0 Å². The van der Waals surface area contributed by atoms with Gasteiger partial charge < -0.3 is 9.67 Å². The highest BCUT2D eigenvalue weighted by Crippen LogP contribution is 2.33. The lowest BCUT2D eigenvalue weighted by Gasteiger charge is -2.16. The first-order valence-electron chi connectivity index (χ1n) is 5.87. The molecule has 0 radical (unpaired) electrons. The van der Waals surface area contributed by atoms with Crippen molar-refractivity contribution in [3.05, 3.63) is 40.0 Å². The van der Waals surface area contributed by atoms with Crippen molar-refractivity contribution in [3.63, 3.8) is 0 Å². The zero-order valence-electron chi connectivity index (χ0n) is 9.69. The van der Waals surface area contributed by atoms with E-state index in [4.69, 9.17) is 5.11 Å². The molecule has 0 bridgehead atoms. The monoisotopic (exact) mass is 305 g/mol. The molecular formula is C14H12BrNO2. The van der Waals surface area contributed by atoms with Crippen LogP contribution in [0.25, 0.3) is 17.0 Å². The van der Waals surface area contributed by atoms with E-state index < -0.39 is 5.97 Å². The molecule has 3 nitrogen and oxygen atoms in total. The van der Waals surface area contributed by atoms with Crippen LogP contribution in [0.2, 0.25) is 0 Å². The number of carbonyl (C=O) groups is 1. The van der Waals surface area contributed by atoms with Crippen LogP contribution >= 0.6 is 15.9 Å². The first kappa shape index (κ1) is 11.5. The molecule has 0 aliphatic carbocycles. The van der Waals surface area contributed by atoms with Gasteiger partial charge in [-0.1, -0.05) is 0 Å². The van der Waals surface area contributed by atoms with E-state index in [-0.39, 0.29) is 0 Å². The van der Waals surface area contributed by atoms with E-state index in [0.29, 0.717) is 0 Å². The molecular weight excluding hydrogens is 294 g/mol. The molecule has 1 aromatic carbocycles. The Hall–Kier alpha value is -1.55. The Morgan fingerprint density at radius 3 is 3.06 bits per heavy atom. The molecule has 0 amide bonds. The molecule has 2 aromatic rings. The predicted octanol–water partition coefficient (Wildman–Crippen LogP) is 3.45. The molecule has 0 spiro atoms. The van der Waals surface area contributed by atoms with Crippen molar-refractivity contribution in [3.8, 4) is 0 Å². The van der Waals surface area contributed by atoms with Crippen molar-refractivity contribution in [2.75, 3.05) is 0 Å². The highest BCUT2D eigenvalue weighted by Gasteiger charge is 2.15. The maximum absolute atomic E-state index is 10.6. The highest BCUT2D eigenvalue weighted by molar-refractivity contribution is 9.10. The van der Waals surface area contributed by atoms with Crippen LogP contribution in [-0.2, 0) is 17.8 Å². The maximum atomic E-state index is 10.6. The van der Waals surface area contributed by atoms with Gasteiger partial charge in [0, 0.05) is 28.7 Å². The number of rotatable bonds is 2. The van der Waals surface area contributed by atoms with Crippen molar-refractivity contribution in [2.45, 2.75) is 19.4 Å². The molecule has 1 aliphatic heterocycles. The Bertz CT molecular complexity index is 670. The number of benzene rings is 1. The molecule has 4 heteroatoms. The van der Waals surface area contributed by atoms with E-state index >= 15 is 0 Å². The average molecular weight is 306 g/mol. The predicted molar refractivity (Wildman–Crippen MR) is 74.6 cm³/mol. The van der Waals surface area contributed by atoms with E-state index in [1.54, 1.807) is 6.08 Å². The van der Waals surface area contributed by atoms with E-state index in [0.717, 1.165) is 34.8 Å². The third-order valence-corrected chi connectivity index (χ3v) is 3.92. The van der Waals surface area contributed by atoms with Crippen LogP contribution < -0.4 is 0 Å². The molecule has 0 saturated carbocycles. The number of hydrogen-bond acceptors (Lipinski definition) is 1. The minimum Gasteiger partial charge on any atom is -0.478 e. The van der Waals surface area contributed by atoms with E-state index in [9.17, 15) is 4.79 Å². The van der Waals surface area contributed by atoms with Crippen LogP contribution in [0, 0.1) is 0 Å². The van der Waals surface area contributed by atoms with Crippen LogP contribution in [0.15, 0.2) is 28.9 Å². The molecule has 1 aliphatic rings. The minimum absolute atomic E-state index is 0.916. The topological polar surface area (TPSA) is 42.2 Å². The summed E-state index contributed by atoms with van der Waals surface area (Å²) in [7, 11) is 0. The standard InChI is InChI=1S/C14H12BrNO2/c15-12-8-16-5-1-2-10-6-9(3-4-13(17)18)7-11(12)14(10)16/h3-4,6-8H,1-2,5H2,(H,17,18)/b4-3+. The maximum Gasteiger partial charge on any atom is 0.328 e. The molecule has 0 fully saturated rings. The normalized spacial score (nSPS) is 14.5. The Balaban J connectivity index is 2.20. The number of aryl methyl sites for hydroxylation is 2. The fourth-order valence-corrected chi connectivity index (χ4v) is 3.13. The number of nitrogens with zero attached hydrogens (tertiary/aromatic N) is 1. The van der Waals surface area contributed by atoms with Gasteiger partial charge in [-0.05, 0) is 58.1 Å². The quantitative estimate of drug-likeness (QED) is 0.864.